The SMILES string of the molecule is CC(C)[Si](Oc1cc(O[Si](C(C)C)(C(C)C)C(C)C)c(-c2coc3cc(O)ccc3c2=O)cc1OC(=O)c1ccccc1)(C(C)C)C(C)C. The van der Waals surface area contributed by atoms with Gasteiger partial charge in [-0.25, -0.2) is 4.79 Å². The van der Waals surface area contributed by atoms with Crippen LogP contribution in [0.25, 0.3) is 22.1 Å². The molecule has 0 amide bonds. The highest BCUT2D eigenvalue weighted by Crippen LogP contribution is 2.50. The molecule has 0 bridgehead atoms. The number of rotatable bonds is 13. The van der Waals surface area contributed by atoms with Crippen LogP contribution in [-0.4, -0.2) is 27.7 Å². The normalized spacial score (nSPS) is 12.6. The highest BCUT2D eigenvalue weighted by atomic mass is 28.4. The largest absolute Gasteiger partial charge is 0.542 e. The number of ether oxygens (including phenoxy) is 1. The summed E-state index contributed by atoms with van der Waals surface area (Å²) in [4.78, 5) is 27.8. The van der Waals surface area contributed by atoms with E-state index in [0.29, 0.717) is 28.0 Å². The Bertz CT molecular complexity index is 1780. The first-order valence-corrected chi connectivity index (χ1v) is 21.8. The first-order valence-electron chi connectivity index (χ1n) is 17.5. The summed E-state index contributed by atoms with van der Waals surface area (Å²) >= 11 is 0. The second kappa shape index (κ2) is 15.0. The van der Waals surface area contributed by atoms with Gasteiger partial charge in [0.2, 0.25) is 5.43 Å². The van der Waals surface area contributed by atoms with Crippen molar-refractivity contribution in [2.45, 2.75) is 116 Å². The van der Waals surface area contributed by atoms with Crippen LogP contribution in [0.3, 0.4) is 0 Å². The summed E-state index contributed by atoms with van der Waals surface area (Å²) in [5.41, 5.74) is 2.55. The van der Waals surface area contributed by atoms with Crippen molar-refractivity contribution < 1.29 is 27.9 Å². The Balaban J connectivity index is 2.11. The molecule has 0 saturated carbocycles. The van der Waals surface area contributed by atoms with E-state index >= 15 is 0 Å². The molecule has 4 aromatic rings. The number of fused-ring (bicyclic) bond motifs is 1. The Kier molecular flexibility index (Phi) is 11.6. The van der Waals surface area contributed by atoms with Crippen LogP contribution in [0.5, 0.6) is 23.0 Å². The molecule has 0 radical (unpaired) electrons. The van der Waals surface area contributed by atoms with Gasteiger partial charge < -0.3 is 23.1 Å². The fourth-order valence-corrected chi connectivity index (χ4v) is 18.6. The van der Waals surface area contributed by atoms with E-state index in [-0.39, 0.29) is 61.3 Å². The van der Waals surface area contributed by atoms with Gasteiger partial charge in [-0.1, -0.05) is 101 Å². The fraction of sp³-hybridized carbons (Fsp3) is 0.450. The van der Waals surface area contributed by atoms with Gasteiger partial charge in [0.1, 0.15) is 23.3 Å². The number of carbonyl (C=O) groups is 1. The first-order chi connectivity index (χ1) is 23.0. The molecule has 0 atom stereocenters. The van der Waals surface area contributed by atoms with Crippen LogP contribution in [-0.2, 0) is 0 Å². The van der Waals surface area contributed by atoms with Gasteiger partial charge in [0.05, 0.1) is 16.5 Å². The van der Waals surface area contributed by atoms with E-state index in [2.05, 4.69) is 83.1 Å². The molecule has 4 rings (SSSR count). The molecule has 1 N–H and O–H groups in total. The second-order valence-electron chi connectivity index (χ2n) is 15.0. The minimum atomic E-state index is -2.58. The molecule has 1 aromatic heterocycles. The van der Waals surface area contributed by atoms with Crippen molar-refractivity contribution in [2.75, 3.05) is 0 Å². The molecule has 0 unspecified atom stereocenters. The minimum absolute atomic E-state index is 0.00118. The summed E-state index contributed by atoms with van der Waals surface area (Å²) in [7, 11) is -5.14. The van der Waals surface area contributed by atoms with Crippen molar-refractivity contribution in [3.63, 3.8) is 0 Å². The van der Waals surface area contributed by atoms with Crippen LogP contribution in [0, 0.1) is 0 Å². The van der Waals surface area contributed by atoms with Gasteiger partial charge in [0, 0.05) is 17.7 Å². The third kappa shape index (κ3) is 7.24. The average molecular weight is 703 g/mol. The lowest BCUT2D eigenvalue weighted by atomic mass is 10.0. The second-order valence-corrected chi connectivity index (χ2v) is 25.8. The van der Waals surface area contributed by atoms with Crippen LogP contribution >= 0.6 is 0 Å². The lowest BCUT2D eigenvalue weighted by Crippen LogP contribution is -2.51. The van der Waals surface area contributed by atoms with Crippen LogP contribution in [0.4, 0.5) is 0 Å². The van der Waals surface area contributed by atoms with Crippen molar-refractivity contribution in [3.8, 4) is 34.1 Å². The zero-order chi connectivity index (χ0) is 36.4. The molecule has 0 saturated heterocycles. The van der Waals surface area contributed by atoms with Gasteiger partial charge in [0.25, 0.3) is 16.6 Å². The van der Waals surface area contributed by atoms with Gasteiger partial charge >= 0.3 is 5.97 Å². The smallest absolute Gasteiger partial charge is 0.343 e. The highest BCUT2D eigenvalue weighted by Gasteiger charge is 2.49. The van der Waals surface area contributed by atoms with Crippen molar-refractivity contribution >= 4 is 33.6 Å². The van der Waals surface area contributed by atoms with E-state index in [4.69, 9.17) is 18.0 Å². The van der Waals surface area contributed by atoms with E-state index in [9.17, 15) is 14.7 Å². The van der Waals surface area contributed by atoms with Crippen molar-refractivity contribution in [3.05, 3.63) is 82.7 Å². The number of hydrogen-bond donors (Lipinski definition) is 1. The molecule has 0 aliphatic heterocycles. The Labute approximate surface area is 293 Å². The molecule has 49 heavy (non-hydrogen) atoms. The molecule has 0 fully saturated rings. The van der Waals surface area contributed by atoms with E-state index in [1.807, 2.05) is 12.1 Å². The first kappa shape index (κ1) is 38.0. The number of esters is 1. The van der Waals surface area contributed by atoms with Crippen molar-refractivity contribution in [1.29, 1.82) is 0 Å². The zero-order valence-electron chi connectivity index (χ0n) is 31.2. The number of hydrogen-bond acceptors (Lipinski definition) is 7. The van der Waals surface area contributed by atoms with Crippen LogP contribution in [0.15, 0.2) is 76.1 Å². The predicted octanol–water partition coefficient (Wildman–Crippen LogP) is 11.5. The lowest BCUT2D eigenvalue weighted by Gasteiger charge is -2.44. The van der Waals surface area contributed by atoms with Crippen LogP contribution in [0.1, 0.15) is 93.4 Å². The third-order valence-electron chi connectivity index (χ3n) is 10.3. The molecule has 0 aliphatic carbocycles. The third-order valence-corrected chi connectivity index (χ3v) is 22.3. The van der Waals surface area contributed by atoms with E-state index in [1.54, 1.807) is 36.4 Å². The summed E-state index contributed by atoms with van der Waals surface area (Å²) in [6, 6.07) is 16.8. The van der Waals surface area contributed by atoms with Crippen molar-refractivity contribution in [1.82, 2.24) is 0 Å². The zero-order valence-corrected chi connectivity index (χ0v) is 33.2. The highest BCUT2D eigenvalue weighted by molar-refractivity contribution is 6.79. The molecule has 3 aromatic carbocycles. The molecule has 1 heterocycles. The van der Waals surface area contributed by atoms with Crippen LogP contribution in [0.2, 0.25) is 33.2 Å². The molecule has 7 nitrogen and oxygen atoms in total. The van der Waals surface area contributed by atoms with Crippen molar-refractivity contribution in [2.24, 2.45) is 0 Å². The summed E-state index contributed by atoms with van der Waals surface area (Å²) in [5, 5.41) is 10.4. The summed E-state index contributed by atoms with van der Waals surface area (Å²) < 4.78 is 26.8. The topological polar surface area (TPSA) is 95.2 Å². The van der Waals surface area contributed by atoms with E-state index in [0.717, 1.165) is 0 Å². The van der Waals surface area contributed by atoms with Gasteiger partial charge in [-0.2, -0.15) is 0 Å². The molecular weight excluding hydrogens is 649 g/mol. The van der Waals surface area contributed by atoms with Gasteiger partial charge in [-0.3, -0.25) is 4.79 Å². The molecule has 9 heteroatoms. The Hall–Kier alpha value is -3.83. The monoisotopic (exact) mass is 702 g/mol. The Morgan fingerprint density at radius 2 is 1.14 bits per heavy atom. The van der Waals surface area contributed by atoms with Gasteiger partial charge in [0.15, 0.2) is 11.5 Å². The van der Waals surface area contributed by atoms with Crippen LogP contribution < -0.4 is 19.0 Å². The predicted molar refractivity (Wildman–Crippen MR) is 204 cm³/mol. The van der Waals surface area contributed by atoms with E-state index in [1.165, 1.54) is 18.4 Å². The maximum Gasteiger partial charge on any atom is 0.343 e. The molecule has 0 spiro atoms. The number of benzene rings is 3. The lowest BCUT2D eigenvalue weighted by molar-refractivity contribution is 0.0731. The summed E-state index contributed by atoms with van der Waals surface area (Å²) in [5.74, 6) is 0.610. The fourth-order valence-electron chi connectivity index (χ4n) is 8.12. The Morgan fingerprint density at radius 3 is 1.65 bits per heavy atom. The van der Waals surface area contributed by atoms with Gasteiger partial charge in [-0.15, -0.1) is 0 Å². The summed E-state index contributed by atoms with van der Waals surface area (Å²) in [6.45, 7) is 26.5. The van der Waals surface area contributed by atoms with Gasteiger partial charge in [-0.05, 0) is 63.6 Å². The standard InChI is InChI=1S/C40H54O7Si2/c1-24(2)48(25(3)4,26(5)6)46-36-22-38(47-49(27(7)8,28(9)10)29(11)12)37(45-40(43)30-16-14-13-15-17-30)21-33(36)34-23-44-35-20-31(41)18-19-32(35)39(34)42/h13-29,41H,1-12H3. The number of aromatic hydroxyl groups is 1. The molecule has 0 aliphatic rings. The maximum atomic E-state index is 14.2. The summed E-state index contributed by atoms with van der Waals surface area (Å²) in [6.07, 6.45) is 1.40. The molecular formula is C40H54O7Si2. The molecule has 264 valence electrons. The quantitative estimate of drug-likeness (QED) is 0.0841. The number of carbonyl (C=O) groups excluding carboxylic acids is 1. The number of phenolic OH excluding ortho intramolecular Hbond substituents is 1. The maximum absolute atomic E-state index is 14.2. The van der Waals surface area contributed by atoms with E-state index < -0.39 is 22.6 Å². The Morgan fingerprint density at radius 1 is 0.633 bits per heavy atom. The average Bonchev–Trinajstić information content (AvgIpc) is 3.02. The minimum Gasteiger partial charge on any atom is -0.542 e. The number of phenols is 1.